The Hall–Kier alpha value is -3.91. The van der Waals surface area contributed by atoms with Crippen molar-refractivity contribution in [1.29, 1.82) is 0 Å². The summed E-state index contributed by atoms with van der Waals surface area (Å²) < 4.78 is 5.48. The van der Waals surface area contributed by atoms with Gasteiger partial charge in [-0.3, -0.25) is 4.79 Å². The first-order chi connectivity index (χ1) is 17.0. The molecule has 0 aromatic heterocycles. The van der Waals surface area contributed by atoms with E-state index in [4.69, 9.17) is 4.74 Å². The number of nitrogens with zero attached hydrogens (tertiary/aromatic N) is 1. The number of urea groups is 1. The van der Waals surface area contributed by atoms with Gasteiger partial charge in [-0.25, -0.2) is 9.59 Å². The summed E-state index contributed by atoms with van der Waals surface area (Å²) in [6.45, 7) is 9.26. The van der Waals surface area contributed by atoms with E-state index in [0.29, 0.717) is 5.69 Å². The minimum Gasteiger partial charge on any atom is -0.480 e. The van der Waals surface area contributed by atoms with Crippen molar-refractivity contribution in [1.82, 2.24) is 4.90 Å². The molecule has 36 heavy (non-hydrogen) atoms. The fourth-order valence-electron chi connectivity index (χ4n) is 4.13. The largest absolute Gasteiger partial charge is 0.480 e. The Bertz CT molecular complexity index is 1280. The zero-order valence-electron chi connectivity index (χ0n) is 21.5. The lowest BCUT2D eigenvalue weighted by atomic mass is 10.0. The first-order valence-electron chi connectivity index (χ1n) is 11.8. The predicted octanol–water partition coefficient (Wildman–Crippen LogP) is 5.36. The second kappa shape index (κ2) is 11.2. The van der Waals surface area contributed by atoms with Crippen LogP contribution in [0.1, 0.15) is 40.9 Å². The van der Waals surface area contributed by atoms with Gasteiger partial charge in [0.25, 0.3) is 5.91 Å². The van der Waals surface area contributed by atoms with Crippen molar-refractivity contribution in [2.24, 2.45) is 0 Å². The Kier molecular flexibility index (Phi) is 8.32. The molecule has 0 saturated heterocycles. The number of amides is 3. The number of hydrogen-bond acceptors (Lipinski definition) is 4. The van der Waals surface area contributed by atoms with E-state index in [1.165, 1.54) is 7.05 Å². The van der Waals surface area contributed by atoms with Crippen LogP contribution in [0.5, 0.6) is 0 Å². The quantitative estimate of drug-likeness (QED) is 0.393. The molecule has 3 N–H and O–H groups in total. The first kappa shape index (κ1) is 26.7. The molecular formula is C28H33N3O5. The normalized spacial score (nSPS) is 11.9. The van der Waals surface area contributed by atoms with Gasteiger partial charge in [0.1, 0.15) is 0 Å². The maximum absolute atomic E-state index is 13.5. The molecule has 0 spiro atoms. The van der Waals surface area contributed by atoms with Crippen molar-refractivity contribution in [2.45, 2.75) is 46.8 Å². The Balaban J connectivity index is 1.96. The van der Waals surface area contributed by atoms with E-state index >= 15 is 0 Å². The van der Waals surface area contributed by atoms with Crippen LogP contribution in [0.25, 0.3) is 10.8 Å². The molecule has 0 fully saturated rings. The van der Waals surface area contributed by atoms with E-state index in [0.717, 1.165) is 32.4 Å². The number of hydrogen-bond donors (Lipinski definition) is 3. The number of ether oxygens (including phenoxy) is 1. The number of anilines is 2. The molecule has 3 aromatic rings. The van der Waals surface area contributed by atoms with Crippen LogP contribution in [0.4, 0.5) is 16.2 Å². The molecule has 0 heterocycles. The van der Waals surface area contributed by atoms with Crippen molar-refractivity contribution < 1.29 is 24.2 Å². The second-order valence-corrected chi connectivity index (χ2v) is 9.25. The van der Waals surface area contributed by atoms with Gasteiger partial charge >= 0.3 is 12.0 Å². The van der Waals surface area contributed by atoms with Gasteiger partial charge in [-0.05, 0) is 68.7 Å². The highest BCUT2D eigenvalue weighted by Gasteiger charge is 2.29. The number of carboxylic acids is 1. The molecule has 1 atom stereocenters. The lowest BCUT2D eigenvalue weighted by molar-refractivity contribution is -0.144. The molecule has 8 nitrogen and oxygen atoms in total. The van der Waals surface area contributed by atoms with Crippen LogP contribution in [0.3, 0.4) is 0 Å². The van der Waals surface area contributed by atoms with Gasteiger partial charge in [-0.15, -0.1) is 0 Å². The van der Waals surface area contributed by atoms with Gasteiger partial charge in [0.2, 0.25) is 0 Å². The van der Waals surface area contributed by atoms with Crippen LogP contribution in [-0.4, -0.2) is 53.7 Å². The summed E-state index contributed by atoms with van der Waals surface area (Å²) in [5.41, 5.74) is 4.09. The zero-order chi connectivity index (χ0) is 26.6. The third-order valence-corrected chi connectivity index (χ3v) is 5.94. The molecule has 0 radical (unpaired) electrons. The standard InChI is InChI=1S/C28H33N3O5/c1-16(2)36-15-24(27(33)34)31(6)26(32)22-13-20-9-7-8-10-21(20)14-23(22)29-28(35)30-25-18(4)11-17(3)12-19(25)5/h7-14,16,24H,15H2,1-6H3,(H,33,34)(H2,29,30,35). The highest BCUT2D eigenvalue weighted by atomic mass is 16.5. The molecule has 190 valence electrons. The van der Waals surface area contributed by atoms with E-state index in [1.807, 2.05) is 57.2 Å². The van der Waals surface area contributed by atoms with Crippen molar-refractivity contribution in [3.63, 3.8) is 0 Å². The minimum atomic E-state index is -1.19. The summed E-state index contributed by atoms with van der Waals surface area (Å²) >= 11 is 0. The molecule has 3 rings (SSSR count). The summed E-state index contributed by atoms with van der Waals surface area (Å²) in [7, 11) is 1.42. The number of carboxylic acid groups (broad SMARTS) is 1. The molecule has 0 aliphatic heterocycles. The fraction of sp³-hybridized carbons (Fsp3) is 0.321. The van der Waals surface area contributed by atoms with Gasteiger partial charge in [0.15, 0.2) is 6.04 Å². The van der Waals surface area contributed by atoms with Crippen LogP contribution in [-0.2, 0) is 9.53 Å². The number of likely N-dealkylation sites (N-methyl/N-ethyl adjacent to an activating group) is 1. The van der Waals surface area contributed by atoms with E-state index in [1.54, 1.807) is 26.0 Å². The fourth-order valence-corrected chi connectivity index (χ4v) is 4.13. The number of fused-ring (bicyclic) bond motifs is 1. The molecule has 0 saturated carbocycles. The number of carbonyl (C=O) groups is 3. The highest BCUT2D eigenvalue weighted by Crippen LogP contribution is 2.27. The maximum atomic E-state index is 13.5. The minimum absolute atomic E-state index is 0.155. The Morgan fingerprint density at radius 2 is 1.53 bits per heavy atom. The predicted molar refractivity (Wildman–Crippen MR) is 142 cm³/mol. The molecule has 8 heteroatoms. The average molecular weight is 492 g/mol. The van der Waals surface area contributed by atoms with Crippen LogP contribution in [0.2, 0.25) is 0 Å². The number of rotatable bonds is 8. The second-order valence-electron chi connectivity index (χ2n) is 9.25. The van der Waals surface area contributed by atoms with Gasteiger partial charge in [0, 0.05) is 12.7 Å². The van der Waals surface area contributed by atoms with Crippen molar-refractivity contribution in [2.75, 3.05) is 24.3 Å². The molecule has 0 aliphatic carbocycles. The van der Waals surface area contributed by atoms with E-state index in [-0.39, 0.29) is 24.0 Å². The van der Waals surface area contributed by atoms with Gasteiger partial charge in [0.05, 0.1) is 24.0 Å². The van der Waals surface area contributed by atoms with Gasteiger partial charge in [-0.1, -0.05) is 42.0 Å². The van der Waals surface area contributed by atoms with Crippen molar-refractivity contribution in [3.8, 4) is 0 Å². The highest BCUT2D eigenvalue weighted by molar-refractivity contribution is 6.10. The topological polar surface area (TPSA) is 108 Å². The van der Waals surface area contributed by atoms with E-state index in [9.17, 15) is 19.5 Å². The van der Waals surface area contributed by atoms with E-state index in [2.05, 4.69) is 10.6 Å². The van der Waals surface area contributed by atoms with Crippen LogP contribution in [0.15, 0.2) is 48.5 Å². The Labute approximate surface area is 211 Å². The third kappa shape index (κ3) is 6.20. The number of carbonyl (C=O) groups excluding carboxylic acids is 2. The van der Waals surface area contributed by atoms with Crippen LogP contribution < -0.4 is 10.6 Å². The summed E-state index contributed by atoms with van der Waals surface area (Å²) in [6.07, 6.45) is -0.189. The summed E-state index contributed by atoms with van der Waals surface area (Å²) in [5.74, 6) is -1.72. The van der Waals surface area contributed by atoms with E-state index < -0.39 is 23.9 Å². The number of benzene rings is 3. The van der Waals surface area contributed by atoms with Crippen molar-refractivity contribution in [3.05, 3.63) is 70.8 Å². The Morgan fingerprint density at radius 1 is 0.944 bits per heavy atom. The summed E-state index contributed by atoms with van der Waals surface area (Å²) in [5, 5.41) is 17.0. The molecule has 1 unspecified atom stereocenters. The third-order valence-electron chi connectivity index (χ3n) is 5.94. The SMILES string of the molecule is Cc1cc(C)c(NC(=O)Nc2cc3ccccc3cc2C(=O)N(C)C(COC(C)C)C(=O)O)c(C)c1. The summed E-state index contributed by atoms with van der Waals surface area (Å²) in [4.78, 5) is 39.6. The lowest BCUT2D eigenvalue weighted by Crippen LogP contribution is -2.46. The summed E-state index contributed by atoms with van der Waals surface area (Å²) in [6, 6.07) is 13.1. The molecule has 0 aliphatic rings. The molecular weight excluding hydrogens is 458 g/mol. The smallest absolute Gasteiger partial charge is 0.328 e. The lowest BCUT2D eigenvalue weighted by Gasteiger charge is -2.26. The van der Waals surface area contributed by atoms with Gasteiger partial charge in [-0.2, -0.15) is 0 Å². The molecule has 3 aromatic carbocycles. The van der Waals surface area contributed by atoms with Crippen LogP contribution >= 0.6 is 0 Å². The zero-order valence-corrected chi connectivity index (χ0v) is 21.5. The maximum Gasteiger partial charge on any atom is 0.328 e. The monoisotopic (exact) mass is 491 g/mol. The van der Waals surface area contributed by atoms with Gasteiger partial charge < -0.3 is 25.4 Å². The Morgan fingerprint density at radius 3 is 2.08 bits per heavy atom. The van der Waals surface area contributed by atoms with Crippen LogP contribution in [0, 0.1) is 20.8 Å². The van der Waals surface area contributed by atoms with Crippen molar-refractivity contribution >= 4 is 40.1 Å². The molecule has 0 bridgehead atoms. The average Bonchev–Trinajstić information content (AvgIpc) is 2.80. The first-order valence-corrected chi connectivity index (χ1v) is 11.8. The number of aliphatic carboxylic acids is 1. The number of aryl methyl sites for hydroxylation is 3. The number of nitrogens with one attached hydrogen (secondary N) is 2. The molecule has 3 amide bonds.